The molecule has 1 saturated heterocycles. The van der Waals surface area contributed by atoms with Crippen LogP contribution < -0.4 is 5.32 Å². The molecule has 1 amide bonds. The van der Waals surface area contributed by atoms with Gasteiger partial charge < -0.3 is 15.0 Å². The monoisotopic (exact) mass is 386 g/mol. The summed E-state index contributed by atoms with van der Waals surface area (Å²) in [5.74, 6) is -0.120. The summed E-state index contributed by atoms with van der Waals surface area (Å²) < 4.78 is 4.55. The summed E-state index contributed by atoms with van der Waals surface area (Å²) in [7, 11) is 1.40. The Morgan fingerprint density at radius 1 is 1.00 bits per heavy atom. The third kappa shape index (κ3) is 8.15. The minimum atomic E-state index is -0.277. The van der Waals surface area contributed by atoms with Crippen LogP contribution in [0.25, 0.3) is 0 Å². The van der Waals surface area contributed by atoms with E-state index < -0.39 is 0 Å². The molecule has 0 spiro atoms. The van der Waals surface area contributed by atoms with Gasteiger partial charge in [-0.15, -0.1) is 0 Å². The number of anilines is 1. The number of likely N-dealkylation sites (tertiary alicyclic amines) is 1. The minimum absolute atomic E-state index is 0.157. The molecule has 1 heterocycles. The third-order valence-electron chi connectivity index (χ3n) is 5.11. The first-order chi connectivity index (χ1) is 13.7. The van der Waals surface area contributed by atoms with Crippen molar-refractivity contribution in [3.05, 3.63) is 42.0 Å². The van der Waals surface area contributed by atoms with Crippen LogP contribution in [0.5, 0.6) is 0 Å². The average molecular weight is 387 g/mol. The molecule has 1 aromatic carbocycles. The van der Waals surface area contributed by atoms with E-state index in [0.717, 1.165) is 63.0 Å². The van der Waals surface area contributed by atoms with Crippen LogP contribution in [0, 0.1) is 0 Å². The molecule has 2 rings (SSSR count). The molecule has 5 nitrogen and oxygen atoms in total. The Balaban J connectivity index is 1.49. The lowest BCUT2D eigenvalue weighted by Gasteiger charge is -2.15. The summed E-state index contributed by atoms with van der Waals surface area (Å²) in [5, 5.41) is 3.44. The van der Waals surface area contributed by atoms with Crippen LogP contribution in [0.15, 0.2) is 36.4 Å². The number of esters is 1. The Bertz CT molecular complexity index is 619. The normalized spacial score (nSPS) is 13.8. The third-order valence-corrected chi connectivity index (χ3v) is 5.11. The number of allylic oxidation sites excluding steroid dienone is 1. The van der Waals surface area contributed by atoms with Crippen LogP contribution in [-0.4, -0.2) is 43.5 Å². The van der Waals surface area contributed by atoms with Crippen molar-refractivity contribution < 1.29 is 14.3 Å². The highest BCUT2D eigenvalue weighted by molar-refractivity contribution is 5.94. The second kappa shape index (κ2) is 13.0. The molecule has 1 aliphatic rings. The molecule has 1 fully saturated rings. The van der Waals surface area contributed by atoms with Gasteiger partial charge in [0, 0.05) is 37.0 Å². The largest absolute Gasteiger partial charge is 0.466 e. The number of carbonyl (C=O) groups is 2. The zero-order valence-electron chi connectivity index (χ0n) is 17.1. The van der Waals surface area contributed by atoms with Gasteiger partial charge in [-0.2, -0.15) is 0 Å². The first-order valence-corrected chi connectivity index (χ1v) is 10.6. The molecule has 5 heteroatoms. The number of hydrogen-bond donors (Lipinski definition) is 1. The average Bonchev–Trinajstić information content (AvgIpc) is 3.26. The molecule has 0 aliphatic carbocycles. The maximum atomic E-state index is 12.3. The topological polar surface area (TPSA) is 58.6 Å². The predicted molar refractivity (Wildman–Crippen MR) is 114 cm³/mol. The van der Waals surface area contributed by atoms with Crippen LogP contribution >= 0.6 is 0 Å². The number of amides is 1. The molecule has 1 aliphatic heterocycles. The van der Waals surface area contributed by atoms with Crippen molar-refractivity contribution in [1.29, 1.82) is 0 Å². The van der Waals surface area contributed by atoms with Crippen molar-refractivity contribution in [2.45, 2.75) is 57.8 Å². The Hall–Kier alpha value is -2.30. The second-order valence-corrected chi connectivity index (χ2v) is 7.34. The van der Waals surface area contributed by atoms with Crippen molar-refractivity contribution >= 4 is 17.6 Å². The van der Waals surface area contributed by atoms with Gasteiger partial charge in [0.05, 0.1) is 7.11 Å². The number of nitrogens with zero attached hydrogens (tertiary/aromatic N) is 1. The first-order valence-electron chi connectivity index (χ1n) is 10.6. The second-order valence-electron chi connectivity index (χ2n) is 7.34. The highest BCUT2D eigenvalue weighted by atomic mass is 16.5. The maximum Gasteiger partial charge on any atom is 0.330 e. The van der Waals surface area contributed by atoms with Crippen molar-refractivity contribution in [2.75, 3.05) is 32.1 Å². The molecule has 1 N–H and O–H groups in total. The van der Waals surface area contributed by atoms with Gasteiger partial charge >= 0.3 is 5.97 Å². The van der Waals surface area contributed by atoms with Crippen LogP contribution in [0.1, 0.15) is 68.1 Å². The molecular formula is C23H34N2O3. The fourth-order valence-electron chi connectivity index (χ4n) is 3.41. The van der Waals surface area contributed by atoms with E-state index in [0.29, 0.717) is 0 Å². The van der Waals surface area contributed by atoms with E-state index in [-0.39, 0.29) is 11.9 Å². The number of ether oxygens (including phenoxy) is 1. The van der Waals surface area contributed by atoms with E-state index >= 15 is 0 Å². The summed E-state index contributed by atoms with van der Waals surface area (Å²) >= 11 is 0. The standard InChI is InChI=1S/C23H34N2O3/c1-28-22(26)12-8-6-4-2-3-5-7-9-17-24-21-15-13-20(14-16-21)23(27)25-18-10-11-19-25/h8,12-16,24H,2-7,9-11,17-19H2,1H3/b12-8+. The van der Waals surface area contributed by atoms with E-state index in [1.165, 1.54) is 38.9 Å². The number of hydrogen-bond acceptors (Lipinski definition) is 4. The molecular weight excluding hydrogens is 352 g/mol. The zero-order chi connectivity index (χ0) is 20.0. The Morgan fingerprint density at radius 2 is 1.64 bits per heavy atom. The summed E-state index contributed by atoms with van der Waals surface area (Å²) in [5.41, 5.74) is 1.87. The highest BCUT2D eigenvalue weighted by Gasteiger charge is 2.18. The molecule has 28 heavy (non-hydrogen) atoms. The Morgan fingerprint density at radius 3 is 2.32 bits per heavy atom. The lowest BCUT2D eigenvalue weighted by atomic mass is 10.1. The quantitative estimate of drug-likeness (QED) is 0.319. The van der Waals surface area contributed by atoms with E-state index in [4.69, 9.17) is 0 Å². The lowest BCUT2D eigenvalue weighted by molar-refractivity contribution is -0.134. The number of nitrogens with one attached hydrogen (secondary N) is 1. The highest BCUT2D eigenvalue weighted by Crippen LogP contribution is 2.16. The van der Waals surface area contributed by atoms with Gasteiger partial charge in [0.2, 0.25) is 0 Å². The van der Waals surface area contributed by atoms with E-state index in [1.54, 1.807) is 0 Å². The molecule has 0 aromatic heterocycles. The number of carbonyl (C=O) groups excluding carboxylic acids is 2. The van der Waals surface area contributed by atoms with E-state index in [1.807, 2.05) is 35.2 Å². The molecule has 0 unspecified atom stereocenters. The van der Waals surface area contributed by atoms with E-state index in [2.05, 4.69) is 10.1 Å². The number of rotatable bonds is 12. The maximum absolute atomic E-state index is 12.3. The van der Waals surface area contributed by atoms with Crippen LogP contribution in [-0.2, 0) is 9.53 Å². The van der Waals surface area contributed by atoms with Gasteiger partial charge in [-0.1, -0.05) is 31.8 Å². The van der Waals surface area contributed by atoms with Crippen molar-refractivity contribution in [2.24, 2.45) is 0 Å². The smallest absolute Gasteiger partial charge is 0.330 e. The molecule has 0 atom stereocenters. The van der Waals surface area contributed by atoms with Crippen LogP contribution in [0.4, 0.5) is 5.69 Å². The zero-order valence-corrected chi connectivity index (χ0v) is 17.1. The van der Waals surface area contributed by atoms with Crippen LogP contribution in [0.2, 0.25) is 0 Å². The van der Waals surface area contributed by atoms with Crippen molar-refractivity contribution in [1.82, 2.24) is 4.90 Å². The fraction of sp³-hybridized carbons (Fsp3) is 0.565. The van der Waals surface area contributed by atoms with Gasteiger partial charge in [-0.3, -0.25) is 4.79 Å². The molecule has 0 saturated carbocycles. The molecule has 0 bridgehead atoms. The number of methoxy groups -OCH3 is 1. The summed E-state index contributed by atoms with van der Waals surface area (Å²) in [4.78, 5) is 25.2. The number of unbranched alkanes of at least 4 members (excludes halogenated alkanes) is 6. The lowest BCUT2D eigenvalue weighted by Crippen LogP contribution is -2.27. The summed E-state index contributed by atoms with van der Waals surface area (Å²) in [6.45, 7) is 2.74. The SMILES string of the molecule is COC(=O)/C=C/CCCCCCCCNc1ccc(C(=O)N2CCCC2)cc1. The van der Waals surface area contributed by atoms with Gasteiger partial charge in [0.25, 0.3) is 5.91 Å². The van der Waals surface area contributed by atoms with Crippen molar-refractivity contribution in [3.63, 3.8) is 0 Å². The molecule has 154 valence electrons. The van der Waals surface area contributed by atoms with Crippen LogP contribution in [0.3, 0.4) is 0 Å². The minimum Gasteiger partial charge on any atom is -0.466 e. The predicted octanol–water partition coefficient (Wildman–Crippen LogP) is 4.79. The van der Waals surface area contributed by atoms with Gasteiger partial charge in [-0.05, 0) is 56.4 Å². The Kier molecular flexibility index (Phi) is 10.2. The van der Waals surface area contributed by atoms with Crippen molar-refractivity contribution in [3.8, 4) is 0 Å². The first kappa shape index (κ1) is 22.0. The summed E-state index contributed by atoms with van der Waals surface area (Å²) in [6.07, 6.45) is 13.7. The molecule has 0 radical (unpaired) electrons. The Labute approximate surface area is 169 Å². The van der Waals surface area contributed by atoms with Gasteiger partial charge in [0.1, 0.15) is 0 Å². The van der Waals surface area contributed by atoms with Gasteiger partial charge in [-0.25, -0.2) is 4.79 Å². The molecule has 1 aromatic rings. The fourth-order valence-corrected chi connectivity index (χ4v) is 3.41. The van der Waals surface area contributed by atoms with Gasteiger partial charge in [0.15, 0.2) is 0 Å². The summed E-state index contributed by atoms with van der Waals surface area (Å²) in [6, 6.07) is 7.87. The van der Waals surface area contributed by atoms with E-state index in [9.17, 15) is 9.59 Å². The number of benzene rings is 1.